The Morgan fingerprint density at radius 2 is 2.29 bits per heavy atom. The number of hydrogen-bond acceptors (Lipinski definition) is 2. The number of H-pyrrole nitrogens is 1. The minimum atomic E-state index is -0.188. The summed E-state index contributed by atoms with van der Waals surface area (Å²) in [4.78, 5) is 14.9. The Labute approximate surface area is 114 Å². The molecule has 0 radical (unpaired) electrons. The second-order valence-electron chi connectivity index (χ2n) is 3.92. The van der Waals surface area contributed by atoms with Crippen LogP contribution in [0.1, 0.15) is 24.8 Å². The number of ether oxygens (including phenoxy) is 1. The lowest BCUT2D eigenvalue weighted by Gasteiger charge is -2.11. The SMILES string of the molecule is CCC(C(=O)OC)c1c[nH]c2ccc(I)cc12. The van der Waals surface area contributed by atoms with Crippen LogP contribution in [0.4, 0.5) is 0 Å². The minimum Gasteiger partial charge on any atom is -0.469 e. The molecule has 1 atom stereocenters. The fourth-order valence-corrected chi connectivity index (χ4v) is 2.55. The van der Waals surface area contributed by atoms with E-state index in [-0.39, 0.29) is 11.9 Å². The van der Waals surface area contributed by atoms with Crippen LogP contribution in [0.15, 0.2) is 24.4 Å². The van der Waals surface area contributed by atoms with Gasteiger partial charge in [-0.15, -0.1) is 0 Å². The van der Waals surface area contributed by atoms with Gasteiger partial charge in [0.05, 0.1) is 13.0 Å². The van der Waals surface area contributed by atoms with Gasteiger partial charge < -0.3 is 9.72 Å². The summed E-state index contributed by atoms with van der Waals surface area (Å²) in [6.45, 7) is 1.99. The number of benzene rings is 1. The first-order valence-electron chi connectivity index (χ1n) is 5.51. The number of rotatable bonds is 3. The molecule has 0 bridgehead atoms. The van der Waals surface area contributed by atoms with Gasteiger partial charge in [0, 0.05) is 20.7 Å². The van der Waals surface area contributed by atoms with E-state index < -0.39 is 0 Å². The maximum absolute atomic E-state index is 11.7. The van der Waals surface area contributed by atoms with Crippen molar-refractivity contribution >= 4 is 39.5 Å². The minimum absolute atomic E-state index is 0.174. The summed E-state index contributed by atoms with van der Waals surface area (Å²) >= 11 is 2.27. The van der Waals surface area contributed by atoms with Crippen LogP contribution < -0.4 is 0 Å². The monoisotopic (exact) mass is 343 g/mol. The van der Waals surface area contributed by atoms with E-state index in [0.29, 0.717) is 0 Å². The molecule has 17 heavy (non-hydrogen) atoms. The van der Waals surface area contributed by atoms with Crippen LogP contribution in [0.3, 0.4) is 0 Å². The van der Waals surface area contributed by atoms with Gasteiger partial charge in [0.1, 0.15) is 0 Å². The third kappa shape index (κ3) is 2.31. The van der Waals surface area contributed by atoms with Gasteiger partial charge in [-0.05, 0) is 52.8 Å². The predicted octanol–water partition coefficient (Wildman–Crippen LogP) is 3.44. The van der Waals surface area contributed by atoms with Gasteiger partial charge in [-0.3, -0.25) is 4.79 Å². The lowest BCUT2D eigenvalue weighted by atomic mass is 9.96. The Morgan fingerprint density at radius 3 is 2.94 bits per heavy atom. The van der Waals surface area contributed by atoms with Crippen molar-refractivity contribution in [1.82, 2.24) is 4.98 Å². The van der Waals surface area contributed by atoms with Gasteiger partial charge in [-0.2, -0.15) is 0 Å². The van der Waals surface area contributed by atoms with Crippen LogP contribution in [0.25, 0.3) is 10.9 Å². The maximum atomic E-state index is 11.7. The topological polar surface area (TPSA) is 42.1 Å². The summed E-state index contributed by atoms with van der Waals surface area (Å²) in [7, 11) is 1.43. The van der Waals surface area contributed by atoms with Crippen LogP contribution in [-0.4, -0.2) is 18.1 Å². The Bertz CT molecular complexity index is 547. The van der Waals surface area contributed by atoms with Crippen LogP contribution in [0, 0.1) is 3.57 Å². The predicted molar refractivity (Wildman–Crippen MR) is 76.1 cm³/mol. The molecule has 1 aromatic carbocycles. The molecule has 0 fully saturated rings. The molecule has 1 aromatic heterocycles. The molecule has 0 aliphatic carbocycles. The highest BCUT2D eigenvalue weighted by Gasteiger charge is 2.22. The fraction of sp³-hybridized carbons (Fsp3) is 0.308. The van der Waals surface area contributed by atoms with Crippen molar-refractivity contribution < 1.29 is 9.53 Å². The molecule has 0 saturated carbocycles. The van der Waals surface area contributed by atoms with Crippen LogP contribution in [-0.2, 0) is 9.53 Å². The number of aromatic nitrogens is 1. The van der Waals surface area contributed by atoms with E-state index >= 15 is 0 Å². The zero-order valence-electron chi connectivity index (χ0n) is 9.79. The highest BCUT2D eigenvalue weighted by molar-refractivity contribution is 14.1. The quantitative estimate of drug-likeness (QED) is 0.685. The number of hydrogen-bond donors (Lipinski definition) is 1. The van der Waals surface area contributed by atoms with Crippen molar-refractivity contribution in [3.63, 3.8) is 0 Å². The highest BCUT2D eigenvalue weighted by Crippen LogP contribution is 2.29. The summed E-state index contributed by atoms with van der Waals surface area (Å²) < 4.78 is 6.01. The van der Waals surface area contributed by atoms with Crippen LogP contribution in [0.5, 0.6) is 0 Å². The first-order chi connectivity index (χ1) is 8.17. The zero-order valence-corrected chi connectivity index (χ0v) is 11.9. The van der Waals surface area contributed by atoms with Crippen molar-refractivity contribution in [2.24, 2.45) is 0 Å². The van der Waals surface area contributed by atoms with Gasteiger partial charge in [0.25, 0.3) is 0 Å². The van der Waals surface area contributed by atoms with E-state index in [1.54, 1.807) is 0 Å². The number of fused-ring (bicyclic) bond motifs is 1. The van der Waals surface area contributed by atoms with Crippen LogP contribution in [0.2, 0.25) is 0 Å². The first-order valence-corrected chi connectivity index (χ1v) is 6.59. The molecule has 2 aromatic rings. The summed E-state index contributed by atoms with van der Waals surface area (Å²) in [6.07, 6.45) is 2.65. The lowest BCUT2D eigenvalue weighted by Crippen LogP contribution is -2.12. The Kier molecular flexibility index (Phi) is 3.71. The smallest absolute Gasteiger partial charge is 0.313 e. The summed E-state index contributed by atoms with van der Waals surface area (Å²) in [5.74, 6) is -0.362. The van der Waals surface area contributed by atoms with Crippen LogP contribution >= 0.6 is 22.6 Å². The normalized spacial score (nSPS) is 12.6. The van der Waals surface area contributed by atoms with Gasteiger partial charge >= 0.3 is 5.97 Å². The number of carbonyl (C=O) groups is 1. The van der Waals surface area contributed by atoms with Gasteiger partial charge in [-0.25, -0.2) is 0 Å². The third-order valence-electron chi connectivity index (χ3n) is 2.95. The Morgan fingerprint density at radius 1 is 1.53 bits per heavy atom. The summed E-state index contributed by atoms with van der Waals surface area (Å²) in [6, 6.07) is 6.17. The van der Waals surface area contributed by atoms with E-state index in [4.69, 9.17) is 4.74 Å². The third-order valence-corrected chi connectivity index (χ3v) is 3.62. The fourth-order valence-electron chi connectivity index (χ4n) is 2.06. The molecule has 1 unspecified atom stereocenters. The summed E-state index contributed by atoms with van der Waals surface area (Å²) in [5.41, 5.74) is 2.08. The van der Waals surface area contributed by atoms with Gasteiger partial charge in [0.15, 0.2) is 0 Å². The van der Waals surface area contributed by atoms with Crippen molar-refractivity contribution in [2.45, 2.75) is 19.3 Å². The number of aromatic amines is 1. The van der Waals surface area contributed by atoms with Crippen molar-refractivity contribution in [2.75, 3.05) is 7.11 Å². The van der Waals surface area contributed by atoms with Gasteiger partial charge in [-0.1, -0.05) is 6.92 Å². The molecule has 1 heterocycles. The Balaban J connectivity index is 2.53. The van der Waals surface area contributed by atoms with E-state index in [1.165, 1.54) is 7.11 Å². The standard InChI is InChI=1S/C13H14INO2/c1-3-9(13(16)17-2)11-7-15-12-5-4-8(14)6-10(11)12/h4-7,9,15H,3H2,1-2H3. The number of halogens is 1. The number of carbonyl (C=O) groups excluding carboxylic acids is 1. The molecule has 0 aliphatic heterocycles. The van der Waals surface area contributed by atoms with E-state index in [9.17, 15) is 4.79 Å². The van der Waals surface area contributed by atoms with E-state index in [2.05, 4.69) is 33.6 Å². The number of methoxy groups -OCH3 is 1. The molecule has 4 heteroatoms. The van der Waals surface area contributed by atoms with Gasteiger partial charge in [0.2, 0.25) is 0 Å². The molecule has 0 amide bonds. The largest absolute Gasteiger partial charge is 0.469 e. The highest BCUT2D eigenvalue weighted by atomic mass is 127. The van der Waals surface area contributed by atoms with E-state index in [1.807, 2.05) is 25.3 Å². The molecule has 0 spiro atoms. The molecule has 3 nitrogen and oxygen atoms in total. The molecule has 2 rings (SSSR count). The number of esters is 1. The van der Waals surface area contributed by atoms with Crippen molar-refractivity contribution in [3.8, 4) is 0 Å². The van der Waals surface area contributed by atoms with E-state index in [0.717, 1.165) is 26.5 Å². The molecular weight excluding hydrogens is 329 g/mol. The molecule has 1 N–H and O–H groups in total. The Hall–Kier alpha value is -1.04. The van der Waals surface area contributed by atoms with Crippen molar-refractivity contribution in [3.05, 3.63) is 33.5 Å². The molecular formula is C13H14INO2. The molecule has 90 valence electrons. The second-order valence-corrected chi connectivity index (χ2v) is 5.16. The average molecular weight is 343 g/mol. The molecule has 0 aliphatic rings. The zero-order chi connectivity index (χ0) is 12.4. The summed E-state index contributed by atoms with van der Waals surface area (Å²) in [5, 5.41) is 1.11. The first kappa shape index (κ1) is 12.4. The molecule has 0 saturated heterocycles. The average Bonchev–Trinajstić information content (AvgIpc) is 2.73. The maximum Gasteiger partial charge on any atom is 0.313 e. The van der Waals surface area contributed by atoms with Crippen molar-refractivity contribution in [1.29, 1.82) is 0 Å². The number of nitrogens with one attached hydrogen (secondary N) is 1. The second kappa shape index (κ2) is 5.08. The lowest BCUT2D eigenvalue weighted by molar-refractivity contribution is -0.142.